The van der Waals surface area contributed by atoms with E-state index in [4.69, 9.17) is 28.6 Å². The fourth-order valence-corrected chi connectivity index (χ4v) is 0.594. The minimum atomic E-state index is 0.255. The zero-order chi connectivity index (χ0) is 8.69. The van der Waals surface area contributed by atoms with Gasteiger partial charge in [0.15, 0.2) is 10.3 Å². The number of nitrogens with zero attached hydrogens (tertiary/aromatic N) is 3. The van der Waals surface area contributed by atoms with Gasteiger partial charge in [-0.3, -0.25) is 0 Å². The van der Waals surface area contributed by atoms with E-state index in [0.717, 1.165) is 0 Å². The fraction of sp³-hybridized carbons (Fsp3) is 0. The maximum atomic E-state index is 5.77. The van der Waals surface area contributed by atoms with Crippen LogP contribution in [0, 0.1) is 5.41 Å². The van der Waals surface area contributed by atoms with Gasteiger partial charge in [-0.05, 0) is 17.4 Å². The van der Waals surface area contributed by atoms with Gasteiger partial charge in [0.25, 0.3) is 0 Å². The molecule has 0 amide bonds. The second-order valence-corrected chi connectivity index (χ2v) is 2.16. The summed E-state index contributed by atoms with van der Waals surface area (Å²) < 4.78 is 0. The highest BCUT2D eigenvalue weighted by molar-refractivity contribution is 7.78. The Balaban J connectivity index is 0.000000292. The molecule has 1 heterocycles. The molecule has 0 saturated heterocycles. The highest BCUT2D eigenvalue weighted by Gasteiger charge is 1.89. The first-order valence-electron chi connectivity index (χ1n) is 2.26. The molecule has 0 aliphatic carbocycles. The molecule has 0 saturated carbocycles. The number of aromatic nitrogens is 3. The van der Waals surface area contributed by atoms with Crippen molar-refractivity contribution >= 4 is 40.6 Å². The monoisotopic (exact) mass is 208 g/mol. The maximum absolute atomic E-state index is 5.77. The smallest absolute Gasteiger partial charge is 0.156 e. The van der Waals surface area contributed by atoms with Gasteiger partial charge in [0, 0.05) is 6.07 Å². The molecule has 0 aliphatic heterocycles. The molecule has 0 aromatic carbocycles. The third kappa shape index (κ3) is 5.82. The molecule has 0 aliphatic rings. The molecular formula is C4H2Cl2N4S. The van der Waals surface area contributed by atoms with Gasteiger partial charge in [-0.25, -0.2) is 5.41 Å². The number of rotatable bonds is 0. The van der Waals surface area contributed by atoms with E-state index >= 15 is 0 Å². The highest BCUT2D eigenvalue weighted by atomic mass is 35.5. The molecule has 1 N–H and O–H groups in total. The van der Waals surface area contributed by atoms with Crippen molar-refractivity contribution in [3.63, 3.8) is 0 Å². The molecule has 11 heavy (non-hydrogen) atoms. The van der Waals surface area contributed by atoms with Gasteiger partial charge < -0.3 is 0 Å². The zero-order valence-electron chi connectivity index (χ0n) is 5.08. The minimum Gasteiger partial charge on any atom is -0.248 e. The molecule has 0 unspecified atom stereocenters. The van der Waals surface area contributed by atoms with Crippen LogP contribution in [0.1, 0.15) is 0 Å². The Kier molecular flexibility index (Phi) is 5.78. The standard InChI is InChI=1S/C3HCl2N3.CHNS/c4-2-1-3(5)7-8-6-2;2-1-3/h1H;2H. The normalized spacial score (nSPS) is 7.45. The van der Waals surface area contributed by atoms with Gasteiger partial charge in [0.05, 0.1) is 5.16 Å². The number of thiocarbonyl (C=S) groups is 1. The number of nitrogens with one attached hydrogen (secondary N) is 1. The first-order chi connectivity index (χ1) is 5.20. The molecule has 1 aromatic heterocycles. The molecule has 0 spiro atoms. The van der Waals surface area contributed by atoms with Crippen LogP contribution in [-0.4, -0.2) is 20.6 Å². The van der Waals surface area contributed by atoms with Gasteiger partial charge in [-0.15, -0.1) is 10.2 Å². The lowest BCUT2D eigenvalue weighted by molar-refractivity contribution is 0.866. The summed E-state index contributed by atoms with van der Waals surface area (Å²) in [6.07, 6.45) is 0. The summed E-state index contributed by atoms with van der Waals surface area (Å²) in [5.74, 6) is 0. The Labute approximate surface area is 78.0 Å². The van der Waals surface area contributed by atoms with Gasteiger partial charge in [0.2, 0.25) is 0 Å². The largest absolute Gasteiger partial charge is 0.248 e. The summed E-state index contributed by atoms with van der Waals surface area (Å²) in [6.45, 7) is 0. The van der Waals surface area contributed by atoms with Gasteiger partial charge in [-0.1, -0.05) is 23.2 Å². The van der Waals surface area contributed by atoms with E-state index in [1.54, 1.807) is 5.16 Å². The predicted octanol–water partition coefficient (Wildman–Crippen LogP) is 1.85. The second-order valence-electron chi connectivity index (χ2n) is 1.18. The summed E-state index contributed by atoms with van der Waals surface area (Å²) in [6, 6.07) is 1.41. The lowest BCUT2D eigenvalue weighted by Gasteiger charge is -1.83. The third-order valence-corrected chi connectivity index (χ3v) is 0.888. The maximum Gasteiger partial charge on any atom is 0.156 e. The van der Waals surface area contributed by atoms with Crippen LogP contribution in [0.4, 0.5) is 0 Å². The van der Waals surface area contributed by atoms with E-state index in [1.165, 1.54) is 6.07 Å². The van der Waals surface area contributed by atoms with Crippen molar-refractivity contribution in [2.75, 3.05) is 0 Å². The Bertz CT molecular complexity index is 243. The number of isothiocyanates is 1. The van der Waals surface area contributed by atoms with Crippen LogP contribution in [0.3, 0.4) is 0 Å². The van der Waals surface area contributed by atoms with Gasteiger partial charge in [0.1, 0.15) is 0 Å². The molecule has 0 bridgehead atoms. The third-order valence-electron chi connectivity index (χ3n) is 0.519. The molecule has 0 fully saturated rings. The van der Waals surface area contributed by atoms with Crippen molar-refractivity contribution in [1.82, 2.24) is 15.4 Å². The summed E-state index contributed by atoms with van der Waals surface area (Å²) in [5, 5.41) is 17.8. The molecule has 4 nitrogen and oxygen atoms in total. The van der Waals surface area contributed by atoms with Crippen LogP contribution in [0.15, 0.2) is 6.07 Å². The lowest BCUT2D eigenvalue weighted by Crippen LogP contribution is -1.84. The first kappa shape index (κ1) is 10.4. The topological polar surface area (TPSA) is 62.5 Å². The van der Waals surface area contributed by atoms with Crippen molar-refractivity contribution in [3.05, 3.63) is 16.4 Å². The molecule has 58 valence electrons. The summed E-state index contributed by atoms with van der Waals surface area (Å²) in [5.41, 5.74) is 0. The van der Waals surface area contributed by atoms with Crippen molar-refractivity contribution in [1.29, 1.82) is 5.41 Å². The summed E-state index contributed by atoms with van der Waals surface area (Å²) >= 11 is 14.5. The average molecular weight is 209 g/mol. The van der Waals surface area contributed by atoms with E-state index in [0.29, 0.717) is 0 Å². The van der Waals surface area contributed by atoms with Crippen molar-refractivity contribution in [3.8, 4) is 0 Å². The molecule has 1 aromatic rings. The number of halogens is 2. The Morgan fingerprint density at radius 2 is 1.73 bits per heavy atom. The quantitative estimate of drug-likeness (QED) is 0.523. The van der Waals surface area contributed by atoms with Crippen LogP contribution in [0.5, 0.6) is 0 Å². The Hall–Kier alpha value is -0.610. The number of hydrogen-bond acceptors (Lipinski definition) is 5. The number of hydrogen-bond donors (Lipinski definition) is 1. The highest BCUT2D eigenvalue weighted by Crippen LogP contribution is 2.06. The molecule has 1 rings (SSSR count). The second kappa shape index (κ2) is 6.12. The first-order valence-corrected chi connectivity index (χ1v) is 3.42. The predicted molar refractivity (Wildman–Crippen MR) is 45.2 cm³/mol. The zero-order valence-corrected chi connectivity index (χ0v) is 7.41. The minimum absolute atomic E-state index is 0.255. The Morgan fingerprint density at radius 1 is 1.36 bits per heavy atom. The molecule has 0 radical (unpaired) electrons. The summed E-state index contributed by atoms with van der Waals surface area (Å²) in [7, 11) is 0. The van der Waals surface area contributed by atoms with Crippen LogP contribution < -0.4 is 0 Å². The van der Waals surface area contributed by atoms with E-state index in [-0.39, 0.29) is 10.3 Å². The molecular weight excluding hydrogens is 207 g/mol. The van der Waals surface area contributed by atoms with E-state index in [1.807, 2.05) is 0 Å². The van der Waals surface area contributed by atoms with Gasteiger partial charge >= 0.3 is 0 Å². The van der Waals surface area contributed by atoms with Crippen molar-refractivity contribution < 1.29 is 0 Å². The van der Waals surface area contributed by atoms with Crippen LogP contribution in [0.2, 0.25) is 10.3 Å². The van der Waals surface area contributed by atoms with Gasteiger partial charge in [-0.2, -0.15) is 0 Å². The van der Waals surface area contributed by atoms with Crippen LogP contribution in [-0.2, 0) is 0 Å². The van der Waals surface area contributed by atoms with Crippen molar-refractivity contribution in [2.45, 2.75) is 0 Å². The van der Waals surface area contributed by atoms with Crippen LogP contribution >= 0.6 is 35.4 Å². The molecule has 7 heteroatoms. The average Bonchev–Trinajstić information content (AvgIpc) is 1.88. The Morgan fingerprint density at radius 3 is 1.91 bits per heavy atom. The van der Waals surface area contributed by atoms with Crippen LogP contribution in [0.25, 0.3) is 0 Å². The van der Waals surface area contributed by atoms with E-state index in [9.17, 15) is 0 Å². The van der Waals surface area contributed by atoms with Crippen molar-refractivity contribution in [2.24, 2.45) is 0 Å². The summed E-state index contributed by atoms with van der Waals surface area (Å²) in [4.78, 5) is 0. The SMILES string of the molecule is Clc1cc(Cl)nnn1.N=C=S. The lowest BCUT2D eigenvalue weighted by atomic mass is 10.7. The molecule has 0 atom stereocenters. The van der Waals surface area contributed by atoms with E-state index < -0.39 is 0 Å². The van der Waals surface area contributed by atoms with E-state index in [2.05, 4.69) is 27.6 Å². The fourth-order valence-electron chi connectivity index (χ4n) is 0.264.